The molecule has 0 saturated carbocycles. The van der Waals surface area contributed by atoms with Gasteiger partial charge in [-0.1, -0.05) is 48.4 Å². The molecule has 0 fully saturated rings. The number of carbonyl (C=O) groups excluding carboxylic acids is 1. The molecule has 2 aromatic carbocycles. The first-order chi connectivity index (χ1) is 15.9. The second-order valence-corrected chi connectivity index (χ2v) is 8.46. The third-order valence-corrected chi connectivity index (χ3v) is 5.78. The summed E-state index contributed by atoms with van der Waals surface area (Å²) in [5, 5.41) is 9.33. The number of hydrogen-bond donors (Lipinski definition) is 1. The second-order valence-electron chi connectivity index (χ2n) is 8.02. The number of aryl methyl sites for hydroxylation is 3. The molecule has 0 aliphatic carbocycles. The third kappa shape index (κ3) is 5.34. The quantitative estimate of drug-likeness (QED) is 0.400. The van der Waals surface area contributed by atoms with Crippen molar-refractivity contribution in [1.29, 1.82) is 0 Å². The molecule has 7 heteroatoms. The average Bonchev–Trinajstić information content (AvgIpc) is 3.15. The molecule has 0 aliphatic rings. The zero-order chi connectivity index (χ0) is 23.4. The van der Waals surface area contributed by atoms with Gasteiger partial charge in [0, 0.05) is 23.0 Å². The van der Waals surface area contributed by atoms with Crippen molar-refractivity contribution < 1.29 is 9.53 Å². The summed E-state index contributed by atoms with van der Waals surface area (Å²) in [4.78, 5) is 17.0. The number of amides is 1. The highest BCUT2D eigenvalue weighted by Gasteiger charge is 2.16. The van der Waals surface area contributed by atoms with E-state index in [0.717, 1.165) is 46.4 Å². The van der Waals surface area contributed by atoms with Crippen molar-refractivity contribution in [3.8, 4) is 11.6 Å². The number of halogens is 1. The molecule has 0 aliphatic heterocycles. The molecule has 2 heterocycles. The van der Waals surface area contributed by atoms with E-state index in [1.54, 1.807) is 0 Å². The Morgan fingerprint density at radius 1 is 1.09 bits per heavy atom. The summed E-state index contributed by atoms with van der Waals surface area (Å²) in [7, 11) is 0. The normalized spacial score (nSPS) is 11.0. The Bertz CT molecular complexity index is 1260. The van der Waals surface area contributed by atoms with Crippen LogP contribution in [0, 0.1) is 13.8 Å². The molecule has 2 aromatic heterocycles. The van der Waals surface area contributed by atoms with E-state index >= 15 is 0 Å². The van der Waals surface area contributed by atoms with E-state index in [-0.39, 0.29) is 12.5 Å². The number of benzene rings is 2. The van der Waals surface area contributed by atoms with Crippen molar-refractivity contribution in [3.05, 3.63) is 82.0 Å². The number of ether oxygens (including phenoxy) is 1. The van der Waals surface area contributed by atoms with Gasteiger partial charge in [0.1, 0.15) is 0 Å². The lowest BCUT2D eigenvalue weighted by Crippen LogP contribution is -2.30. The zero-order valence-corrected chi connectivity index (χ0v) is 19.8. The average molecular weight is 463 g/mol. The summed E-state index contributed by atoms with van der Waals surface area (Å²) in [5.41, 5.74) is 5.97. The van der Waals surface area contributed by atoms with Crippen LogP contribution < -0.4 is 10.1 Å². The first kappa shape index (κ1) is 22.8. The number of hydrogen-bond acceptors (Lipinski definition) is 4. The van der Waals surface area contributed by atoms with Crippen LogP contribution >= 0.6 is 11.6 Å². The van der Waals surface area contributed by atoms with Gasteiger partial charge in [0.15, 0.2) is 12.3 Å². The second kappa shape index (κ2) is 10.0. The summed E-state index contributed by atoms with van der Waals surface area (Å²) in [6, 6.07) is 17.6. The smallest absolute Gasteiger partial charge is 0.258 e. The highest BCUT2D eigenvalue weighted by molar-refractivity contribution is 6.30. The Kier molecular flexibility index (Phi) is 6.94. The van der Waals surface area contributed by atoms with Crippen LogP contribution in [0.25, 0.3) is 16.7 Å². The molecule has 6 nitrogen and oxygen atoms in total. The predicted molar refractivity (Wildman–Crippen MR) is 131 cm³/mol. The fourth-order valence-corrected chi connectivity index (χ4v) is 3.88. The van der Waals surface area contributed by atoms with Gasteiger partial charge in [-0.3, -0.25) is 4.79 Å². The summed E-state index contributed by atoms with van der Waals surface area (Å²) in [6.07, 6.45) is 1.53. The lowest BCUT2D eigenvalue weighted by molar-refractivity contribution is -0.123. The molecule has 0 radical (unpaired) electrons. The highest BCUT2D eigenvalue weighted by Crippen LogP contribution is 2.27. The largest absolute Gasteiger partial charge is 0.468 e. The fraction of sp³-hybridized carbons (Fsp3) is 0.269. The predicted octanol–water partition coefficient (Wildman–Crippen LogP) is 4.99. The van der Waals surface area contributed by atoms with Gasteiger partial charge in [-0.15, -0.1) is 0 Å². The van der Waals surface area contributed by atoms with Crippen LogP contribution in [0.4, 0.5) is 0 Å². The van der Waals surface area contributed by atoms with Crippen molar-refractivity contribution >= 4 is 28.5 Å². The molecule has 0 spiro atoms. The van der Waals surface area contributed by atoms with Crippen molar-refractivity contribution in [3.63, 3.8) is 0 Å². The van der Waals surface area contributed by atoms with Gasteiger partial charge >= 0.3 is 0 Å². The van der Waals surface area contributed by atoms with E-state index in [0.29, 0.717) is 17.4 Å². The van der Waals surface area contributed by atoms with Gasteiger partial charge in [0.25, 0.3) is 5.91 Å². The maximum absolute atomic E-state index is 12.3. The van der Waals surface area contributed by atoms with Gasteiger partial charge in [-0.25, -0.2) is 4.68 Å². The third-order valence-electron chi connectivity index (χ3n) is 5.53. The molecule has 4 aromatic rings. The Morgan fingerprint density at radius 2 is 1.82 bits per heavy atom. The first-order valence-corrected chi connectivity index (χ1v) is 11.4. The number of aromatic nitrogens is 3. The Morgan fingerprint density at radius 3 is 2.52 bits per heavy atom. The topological polar surface area (TPSA) is 69.0 Å². The minimum Gasteiger partial charge on any atom is -0.468 e. The van der Waals surface area contributed by atoms with Crippen LogP contribution in [-0.2, 0) is 17.6 Å². The molecule has 4 rings (SSSR count). The molecule has 1 N–H and O–H groups in total. The number of pyridine rings is 1. The molecular weight excluding hydrogens is 436 g/mol. The van der Waals surface area contributed by atoms with Crippen molar-refractivity contribution in [2.45, 2.75) is 33.6 Å². The minimum absolute atomic E-state index is 0.0973. The molecular formula is C26H27ClN4O2. The van der Waals surface area contributed by atoms with Gasteiger partial charge in [-0.05, 0) is 62.1 Å². The Balaban J connectivity index is 1.47. The van der Waals surface area contributed by atoms with Gasteiger partial charge in [0.05, 0.1) is 11.4 Å². The molecule has 0 unspecified atom stereocenters. The van der Waals surface area contributed by atoms with Crippen LogP contribution in [0.5, 0.6) is 5.88 Å². The molecule has 0 atom stereocenters. The number of nitrogens with zero attached hydrogens (tertiary/aromatic N) is 3. The maximum atomic E-state index is 12.3. The van der Waals surface area contributed by atoms with Crippen LogP contribution in [0.15, 0.2) is 54.6 Å². The van der Waals surface area contributed by atoms with Gasteiger partial charge in [0.2, 0.25) is 5.88 Å². The summed E-state index contributed by atoms with van der Waals surface area (Å²) in [5.74, 6) is 0.229. The lowest BCUT2D eigenvalue weighted by atomic mass is 10.1. The molecule has 0 bridgehead atoms. The first-order valence-electron chi connectivity index (χ1n) is 11.0. The molecule has 0 saturated heterocycles. The van der Waals surface area contributed by atoms with Crippen molar-refractivity contribution in [1.82, 2.24) is 20.1 Å². The minimum atomic E-state index is -0.188. The van der Waals surface area contributed by atoms with E-state index in [1.165, 1.54) is 5.56 Å². The van der Waals surface area contributed by atoms with Crippen molar-refractivity contribution in [2.75, 3.05) is 13.2 Å². The van der Waals surface area contributed by atoms with Crippen molar-refractivity contribution in [2.24, 2.45) is 0 Å². The van der Waals surface area contributed by atoms with E-state index in [1.807, 2.05) is 66.2 Å². The SMILES string of the molecule is CCc1cc(OCC(=O)NCCc2ccc(Cl)cc2)nc2c1c(C)nn2-c1ccc(C)cc1. The summed E-state index contributed by atoms with van der Waals surface area (Å²) in [6.45, 7) is 6.55. The standard InChI is InChI=1S/C26H27ClN4O2/c1-4-20-15-24(33-16-23(32)28-14-13-19-7-9-21(27)10-8-19)29-26-25(20)18(3)30-31(26)22-11-5-17(2)6-12-22/h5-12,15H,4,13-14,16H2,1-3H3,(H,28,32). The highest BCUT2D eigenvalue weighted by atomic mass is 35.5. The monoisotopic (exact) mass is 462 g/mol. The Hall–Kier alpha value is -3.38. The zero-order valence-electron chi connectivity index (χ0n) is 19.1. The molecule has 1 amide bonds. The lowest BCUT2D eigenvalue weighted by Gasteiger charge is -2.10. The van der Waals surface area contributed by atoms with Crippen LogP contribution in [0.2, 0.25) is 5.02 Å². The Labute approximate surface area is 198 Å². The van der Waals surface area contributed by atoms with Crippen LogP contribution in [0.1, 0.15) is 29.3 Å². The van der Waals surface area contributed by atoms with Crippen LogP contribution in [0.3, 0.4) is 0 Å². The van der Waals surface area contributed by atoms with E-state index in [4.69, 9.17) is 26.4 Å². The van der Waals surface area contributed by atoms with Gasteiger partial charge < -0.3 is 10.1 Å². The van der Waals surface area contributed by atoms with Gasteiger partial charge in [-0.2, -0.15) is 10.1 Å². The fourth-order valence-electron chi connectivity index (χ4n) is 3.76. The number of fused-ring (bicyclic) bond motifs is 1. The summed E-state index contributed by atoms with van der Waals surface area (Å²) < 4.78 is 7.61. The van der Waals surface area contributed by atoms with E-state index < -0.39 is 0 Å². The summed E-state index contributed by atoms with van der Waals surface area (Å²) >= 11 is 5.91. The van der Waals surface area contributed by atoms with Crippen LogP contribution in [-0.4, -0.2) is 33.8 Å². The van der Waals surface area contributed by atoms with E-state index in [9.17, 15) is 4.79 Å². The maximum Gasteiger partial charge on any atom is 0.258 e. The number of rotatable bonds is 8. The number of nitrogens with one attached hydrogen (secondary N) is 1. The molecule has 170 valence electrons. The van der Waals surface area contributed by atoms with E-state index in [2.05, 4.69) is 19.2 Å². The number of carbonyl (C=O) groups is 1. The molecule has 33 heavy (non-hydrogen) atoms.